The lowest BCUT2D eigenvalue weighted by Crippen LogP contribution is -2.36. The second-order valence-electron chi connectivity index (χ2n) is 10.3. The molecule has 2 aliphatic heterocycles. The van der Waals surface area contributed by atoms with Crippen molar-refractivity contribution in [3.8, 4) is 0 Å². The maximum atomic E-state index is 14.2. The molecule has 2 saturated heterocycles. The van der Waals surface area contributed by atoms with Gasteiger partial charge in [0.25, 0.3) is 5.91 Å². The number of fused-ring (bicyclic) bond motifs is 1. The molecule has 3 fully saturated rings. The van der Waals surface area contributed by atoms with Crippen LogP contribution in [-0.2, 0) is 4.79 Å². The molecule has 0 bridgehead atoms. The Bertz CT molecular complexity index is 1030. The fraction of sp³-hybridized carbons (Fsp3) is 0.500. The molecule has 1 saturated carbocycles. The Morgan fingerprint density at radius 2 is 1.66 bits per heavy atom. The topological polar surface area (TPSA) is 52.7 Å². The highest BCUT2D eigenvalue weighted by atomic mass is 35.5. The molecule has 1 N–H and O–H groups in total. The minimum absolute atomic E-state index is 0.00557. The van der Waals surface area contributed by atoms with Gasteiger partial charge >= 0.3 is 0 Å². The fourth-order valence-electron chi connectivity index (χ4n) is 6.10. The third-order valence-corrected chi connectivity index (χ3v) is 8.32. The molecule has 5 nitrogen and oxygen atoms in total. The largest absolute Gasteiger partial charge is 0.349 e. The molecular formula is C28H33ClFN3O2. The summed E-state index contributed by atoms with van der Waals surface area (Å²) in [5, 5.41) is 3.50. The molecule has 3 atom stereocenters. The van der Waals surface area contributed by atoms with Crippen LogP contribution in [0.4, 0.5) is 4.39 Å². The number of benzene rings is 2. The van der Waals surface area contributed by atoms with Gasteiger partial charge in [0, 0.05) is 38.6 Å². The highest BCUT2D eigenvalue weighted by molar-refractivity contribution is 6.33. The van der Waals surface area contributed by atoms with Gasteiger partial charge in [0.2, 0.25) is 5.91 Å². The third-order valence-electron chi connectivity index (χ3n) is 8.00. The van der Waals surface area contributed by atoms with E-state index in [1.807, 2.05) is 18.2 Å². The van der Waals surface area contributed by atoms with Crippen molar-refractivity contribution in [1.82, 2.24) is 15.1 Å². The number of carbonyl (C=O) groups is 2. The third kappa shape index (κ3) is 5.39. The summed E-state index contributed by atoms with van der Waals surface area (Å²) in [5.41, 5.74) is 1.13. The van der Waals surface area contributed by atoms with Crippen LogP contribution in [0.3, 0.4) is 0 Å². The first-order valence-electron chi connectivity index (χ1n) is 12.8. The Morgan fingerprint density at radius 3 is 2.31 bits per heavy atom. The number of nitrogens with one attached hydrogen (secondary N) is 1. The van der Waals surface area contributed by atoms with Gasteiger partial charge < -0.3 is 15.1 Å². The average Bonchev–Trinajstić information content (AvgIpc) is 3.59. The van der Waals surface area contributed by atoms with E-state index in [1.54, 1.807) is 11.0 Å². The molecule has 5 rings (SSSR count). The van der Waals surface area contributed by atoms with E-state index in [0.29, 0.717) is 24.9 Å². The number of rotatable bonds is 7. The monoisotopic (exact) mass is 497 g/mol. The summed E-state index contributed by atoms with van der Waals surface area (Å²) in [6.07, 6.45) is 5.14. The van der Waals surface area contributed by atoms with E-state index >= 15 is 0 Å². The van der Waals surface area contributed by atoms with E-state index in [-0.39, 0.29) is 34.4 Å². The van der Waals surface area contributed by atoms with E-state index in [1.165, 1.54) is 12.1 Å². The van der Waals surface area contributed by atoms with E-state index < -0.39 is 5.82 Å². The van der Waals surface area contributed by atoms with Crippen molar-refractivity contribution in [3.05, 3.63) is 70.5 Å². The summed E-state index contributed by atoms with van der Waals surface area (Å²) >= 11 is 6.12. The summed E-state index contributed by atoms with van der Waals surface area (Å²) in [5.74, 6) is 0.232. The van der Waals surface area contributed by atoms with Crippen molar-refractivity contribution in [2.45, 2.75) is 38.1 Å². The zero-order valence-electron chi connectivity index (χ0n) is 20.0. The number of carbonyl (C=O) groups excluding carboxylic acids is 2. The molecular weight excluding hydrogens is 465 g/mol. The minimum atomic E-state index is -0.562. The predicted octanol–water partition coefficient (Wildman–Crippen LogP) is 4.92. The van der Waals surface area contributed by atoms with Gasteiger partial charge in [-0.15, -0.1) is 0 Å². The number of amides is 2. The number of halogens is 2. The first-order chi connectivity index (χ1) is 17.0. The van der Waals surface area contributed by atoms with Crippen LogP contribution in [0.25, 0.3) is 0 Å². The van der Waals surface area contributed by atoms with Gasteiger partial charge in [-0.05, 0) is 48.8 Å². The predicted molar refractivity (Wildman–Crippen MR) is 135 cm³/mol. The molecule has 186 valence electrons. The van der Waals surface area contributed by atoms with Crippen LogP contribution in [0.1, 0.15) is 54.1 Å². The van der Waals surface area contributed by atoms with E-state index in [2.05, 4.69) is 22.3 Å². The molecule has 2 unspecified atom stereocenters. The van der Waals surface area contributed by atoms with Crippen molar-refractivity contribution >= 4 is 23.4 Å². The van der Waals surface area contributed by atoms with Crippen LogP contribution in [0.5, 0.6) is 0 Å². The molecule has 35 heavy (non-hydrogen) atoms. The van der Waals surface area contributed by atoms with Crippen molar-refractivity contribution in [2.75, 3.05) is 32.7 Å². The van der Waals surface area contributed by atoms with Gasteiger partial charge in [0.15, 0.2) is 0 Å². The summed E-state index contributed by atoms with van der Waals surface area (Å²) < 4.78 is 14.2. The Hall–Kier alpha value is -2.44. The summed E-state index contributed by atoms with van der Waals surface area (Å²) in [4.78, 5) is 30.0. The van der Waals surface area contributed by atoms with Crippen LogP contribution >= 0.6 is 11.6 Å². The maximum Gasteiger partial charge on any atom is 0.258 e. The number of hydrogen-bond acceptors (Lipinski definition) is 3. The molecule has 2 heterocycles. The Balaban J connectivity index is 1.17. The number of hydrogen-bond donors (Lipinski definition) is 1. The average molecular weight is 498 g/mol. The molecule has 2 aromatic rings. The van der Waals surface area contributed by atoms with Crippen LogP contribution in [0, 0.1) is 23.6 Å². The second kappa shape index (κ2) is 10.7. The number of nitrogens with zero attached hydrogens (tertiary/aromatic N) is 2. The Kier molecular flexibility index (Phi) is 7.40. The van der Waals surface area contributed by atoms with Crippen molar-refractivity contribution < 1.29 is 14.0 Å². The van der Waals surface area contributed by atoms with Crippen molar-refractivity contribution in [2.24, 2.45) is 17.8 Å². The summed E-state index contributed by atoms with van der Waals surface area (Å²) in [6.45, 7) is 3.98. The lowest BCUT2D eigenvalue weighted by Gasteiger charge is -2.26. The first kappa shape index (κ1) is 24.3. The molecule has 2 aromatic carbocycles. The van der Waals surface area contributed by atoms with E-state index in [0.717, 1.165) is 57.3 Å². The van der Waals surface area contributed by atoms with Gasteiger partial charge in [0.1, 0.15) is 5.82 Å². The standard InChI is InChI=1S/C28H33ClFN3O2/c29-23-11-6-12-24(30)26(23)28(35)33-17-21-15-32(16-22(21)18-33)14-13-25(19-7-2-1-3-8-19)31-27(34)20-9-4-5-10-20/h1-3,6-8,11-12,20-22,25H,4-5,9-10,13-18H2,(H,31,34)/t21-,22?,25?/m0/s1. The highest BCUT2D eigenvalue weighted by Crippen LogP contribution is 2.34. The normalized spacial score (nSPS) is 23.4. The Morgan fingerprint density at radius 1 is 0.971 bits per heavy atom. The van der Waals surface area contributed by atoms with Gasteiger partial charge in [-0.2, -0.15) is 0 Å². The van der Waals surface area contributed by atoms with Crippen molar-refractivity contribution in [1.29, 1.82) is 0 Å². The smallest absolute Gasteiger partial charge is 0.258 e. The van der Waals surface area contributed by atoms with Gasteiger partial charge in [-0.25, -0.2) is 4.39 Å². The molecule has 7 heteroatoms. The van der Waals surface area contributed by atoms with Crippen LogP contribution < -0.4 is 5.32 Å². The highest BCUT2D eigenvalue weighted by Gasteiger charge is 2.42. The first-order valence-corrected chi connectivity index (χ1v) is 13.2. The van der Waals surface area contributed by atoms with E-state index in [4.69, 9.17) is 11.6 Å². The summed E-state index contributed by atoms with van der Waals surface area (Å²) in [6, 6.07) is 14.6. The molecule has 2 amide bonds. The molecule has 1 aliphatic carbocycles. The zero-order valence-corrected chi connectivity index (χ0v) is 20.7. The lowest BCUT2D eigenvalue weighted by atomic mass is 10.0. The van der Waals surface area contributed by atoms with E-state index in [9.17, 15) is 14.0 Å². The molecule has 0 aromatic heterocycles. The fourth-order valence-corrected chi connectivity index (χ4v) is 6.34. The number of likely N-dealkylation sites (tertiary alicyclic amines) is 2. The molecule has 3 aliphatic rings. The minimum Gasteiger partial charge on any atom is -0.349 e. The van der Waals surface area contributed by atoms with Gasteiger partial charge in [-0.3, -0.25) is 9.59 Å². The SMILES string of the molecule is O=C(NC(CCN1CC2CN(C(=O)c3c(F)cccc3Cl)C[C@@H]2C1)c1ccccc1)C1CCCC1. The van der Waals surface area contributed by atoms with Gasteiger partial charge in [-0.1, -0.05) is 60.8 Å². The maximum absolute atomic E-state index is 14.2. The quantitative estimate of drug-likeness (QED) is 0.590. The zero-order chi connectivity index (χ0) is 24.4. The van der Waals surface area contributed by atoms with Crippen molar-refractivity contribution in [3.63, 3.8) is 0 Å². The van der Waals surface area contributed by atoms with Gasteiger partial charge in [0.05, 0.1) is 16.6 Å². The summed E-state index contributed by atoms with van der Waals surface area (Å²) in [7, 11) is 0. The van der Waals surface area contributed by atoms with Crippen LogP contribution in [0.15, 0.2) is 48.5 Å². The second-order valence-corrected chi connectivity index (χ2v) is 10.7. The molecule has 0 spiro atoms. The lowest BCUT2D eigenvalue weighted by molar-refractivity contribution is -0.125. The van der Waals surface area contributed by atoms with Crippen LogP contribution in [0.2, 0.25) is 5.02 Å². The Labute approximate surface area is 211 Å². The van der Waals surface area contributed by atoms with Crippen LogP contribution in [-0.4, -0.2) is 54.3 Å². The molecule has 0 radical (unpaired) electrons.